The second-order valence-electron chi connectivity index (χ2n) is 5.57. The second kappa shape index (κ2) is 7.11. The van der Waals surface area contributed by atoms with Gasteiger partial charge in [-0.1, -0.05) is 0 Å². The quantitative estimate of drug-likeness (QED) is 0.543. The van der Waals surface area contributed by atoms with Crippen molar-refractivity contribution < 1.29 is 47.7 Å². The van der Waals surface area contributed by atoms with E-state index in [1.165, 1.54) is 0 Å². The highest BCUT2D eigenvalue weighted by molar-refractivity contribution is 8.13. The van der Waals surface area contributed by atoms with Crippen LogP contribution in [0, 0.1) is 0 Å². The Hall–Kier alpha value is -1.35. The third-order valence-corrected chi connectivity index (χ3v) is 5.06. The lowest BCUT2D eigenvalue weighted by Crippen LogP contribution is -2.30. The highest BCUT2D eigenvalue weighted by Crippen LogP contribution is 2.36. The number of aromatic nitrogens is 2. The third kappa shape index (κ3) is 6.81. The maximum Gasteiger partial charge on any atom is 0.480 e. The largest absolute Gasteiger partial charge is 0.480 e. The molecule has 0 bridgehead atoms. The molecule has 0 aromatic carbocycles. The summed E-state index contributed by atoms with van der Waals surface area (Å²) < 4.78 is 113. The van der Waals surface area contributed by atoms with Gasteiger partial charge in [-0.2, -0.15) is 26.3 Å². The number of aryl methyl sites for hydroxylation is 1. The minimum Gasteiger partial charge on any atom is -0.421 e. The van der Waals surface area contributed by atoms with E-state index in [0.29, 0.717) is 0 Å². The van der Waals surface area contributed by atoms with Gasteiger partial charge in [0.2, 0.25) is 6.33 Å². The first-order valence-electron chi connectivity index (χ1n) is 6.11. The van der Waals surface area contributed by atoms with E-state index in [-0.39, 0.29) is 5.54 Å². The first kappa shape index (κ1) is 23.6. The summed E-state index contributed by atoms with van der Waals surface area (Å²) in [6.07, 6.45) is 6.21. The van der Waals surface area contributed by atoms with E-state index in [9.17, 15) is 43.2 Å². The van der Waals surface area contributed by atoms with E-state index in [1.807, 2.05) is 17.8 Å². The van der Waals surface area contributed by atoms with Crippen LogP contribution in [0.2, 0.25) is 0 Å². The SMILES string of the molecule is C[n+]1ccn(C(C)(C)C)c1.O=S(=O)([N-]S(=O)(=O)C(F)(F)F)C(F)(F)F. The van der Waals surface area contributed by atoms with Crippen LogP contribution in [0.15, 0.2) is 18.7 Å². The van der Waals surface area contributed by atoms with E-state index in [1.54, 1.807) is 0 Å². The van der Waals surface area contributed by atoms with Gasteiger partial charge in [0.15, 0.2) is 20.0 Å². The van der Waals surface area contributed by atoms with Crippen LogP contribution >= 0.6 is 0 Å². The predicted molar refractivity (Wildman–Crippen MR) is 73.9 cm³/mol. The molecule has 0 aliphatic carbocycles. The van der Waals surface area contributed by atoms with Gasteiger partial charge in [-0.25, -0.2) is 26.0 Å². The van der Waals surface area contributed by atoms with Gasteiger partial charge in [0.05, 0.1) is 7.05 Å². The van der Waals surface area contributed by atoms with Gasteiger partial charge < -0.3 is 4.13 Å². The Bertz CT molecular complexity index is 746. The van der Waals surface area contributed by atoms with Crippen molar-refractivity contribution in [2.75, 3.05) is 0 Å². The molecule has 1 aromatic heterocycles. The molecular formula is C10H15F6N3O4S2. The van der Waals surface area contributed by atoms with E-state index in [2.05, 4.69) is 37.9 Å². The van der Waals surface area contributed by atoms with Gasteiger partial charge in [0, 0.05) is 0 Å². The molecule has 0 N–H and O–H groups in total. The third-order valence-electron chi connectivity index (χ3n) is 2.32. The summed E-state index contributed by atoms with van der Waals surface area (Å²) in [5, 5.41) is 0. The monoisotopic (exact) mass is 419 g/mol. The lowest BCUT2D eigenvalue weighted by molar-refractivity contribution is -0.671. The molecule has 0 aliphatic rings. The molecule has 1 heterocycles. The molecule has 25 heavy (non-hydrogen) atoms. The zero-order valence-corrected chi connectivity index (χ0v) is 14.9. The predicted octanol–water partition coefficient (Wildman–Crippen LogP) is 2.13. The summed E-state index contributed by atoms with van der Waals surface area (Å²) in [5.41, 5.74) is -12.2. The number of sulfonamides is 2. The molecule has 0 spiro atoms. The summed E-state index contributed by atoms with van der Waals surface area (Å²) in [6.45, 7) is 6.56. The Morgan fingerprint density at radius 3 is 1.40 bits per heavy atom. The summed E-state index contributed by atoms with van der Waals surface area (Å²) in [6, 6.07) is 0. The van der Waals surface area contributed by atoms with Crippen LogP contribution in [-0.2, 0) is 32.6 Å². The van der Waals surface area contributed by atoms with Crippen molar-refractivity contribution in [3.8, 4) is 0 Å². The standard InChI is InChI=1S/C8H15N2.C2F6NO4S2/c1-8(2,3)10-6-5-9(4)7-10;3-1(4,5)14(10,11)9-15(12,13)2(6,7)8/h5-7H,1-4H3;/q+1;-1. The van der Waals surface area contributed by atoms with Crippen molar-refractivity contribution >= 4 is 20.0 Å². The average molecular weight is 419 g/mol. The summed E-state index contributed by atoms with van der Waals surface area (Å²) in [7, 11) is -11.4. The molecule has 0 fully saturated rings. The van der Waals surface area contributed by atoms with Crippen LogP contribution in [0.25, 0.3) is 4.13 Å². The minimum absolute atomic E-state index is 0.210. The molecule has 7 nitrogen and oxygen atoms in total. The molecule has 1 aromatic rings. The van der Waals surface area contributed by atoms with E-state index in [4.69, 9.17) is 0 Å². The molecular weight excluding hydrogens is 404 g/mol. The summed E-state index contributed by atoms with van der Waals surface area (Å²) in [4.78, 5) is 0. The number of halogens is 6. The number of nitrogens with zero attached hydrogens (tertiary/aromatic N) is 3. The maximum atomic E-state index is 11.4. The van der Waals surface area contributed by atoms with Gasteiger partial charge in [0.1, 0.15) is 17.9 Å². The minimum atomic E-state index is -6.72. The Labute approximate surface area is 140 Å². The Morgan fingerprint density at radius 1 is 0.880 bits per heavy atom. The molecule has 0 saturated carbocycles. The molecule has 0 radical (unpaired) electrons. The number of alkyl halides is 6. The van der Waals surface area contributed by atoms with Crippen LogP contribution < -0.4 is 4.57 Å². The van der Waals surface area contributed by atoms with Gasteiger partial charge in [-0.15, -0.1) is 0 Å². The zero-order chi connectivity index (χ0) is 20.5. The Kier molecular flexibility index (Phi) is 6.72. The number of hydrogen-bond donors (Lipinski definition) is 0. The number of imidazole rings is 1. The number of rotatable bonds is 2. The molecule has 148 valence electrons. The topological polar surface area (TPSA) is 91.2 Å². The van der Waals surface area contributed by atoms with Crippen molar-refractivity contribution in [1.82, 2.24) is 4.57 Å². The Balaban J connectivity index is 0.000000496. The van der Waals surface area contributed by atoms with E-state index < -0.39 is 31.1 Å². The number of hydrogen-bond acceptors (Lipinski definition) is 4. The van der Waals surface area contributed by atoms with E-state index in [0.717, 1.165) is 4.13 Å². The van der Waals surface area contributed by atoms with Crippen molar-refractivity contribution in [2.45, 2.75) is 37.3 Å². The van der Waals surface area contributed by atoms with Gasteiger partial charge in [-0.05, 0) is 20.8 Å². The first-order chi connectivity index (χ1) is 10.7. The van der Waals surface area contributed by atoms with Crippen LogP contribution in [0.1, 0.15) is 20.8 Å². The molecule has 0 unspecified atom stereocenters. The van der Waals surface area contributed by atoms with E-state index >= 15 is 0 Å². The van der Waals surface area contributed by atoms with Gasteiger partial charge >= 0.3 is 11.0 Å². The zero-order valence-electron chi connectivity index (χ0n) is 13.3. The molecule has 0 saturated heterocycles. The highest BCUT2D eigenvalue weighted by Gasteiger charge is 2.46. The fourth-order valence-electron chi connectivity index (χ4n) is 1.06. The van der Waals surface area contributed by atoms with Crippen molar-refractivity contribution in [3.63, 3.8) is 0 Å². The fourth-order valence-corrected chi connectivity index (χ4v) is 2.77. The lowest BCUT2D eigenvalue weighted by Gasteiger charge is -2.22. The van der Waals surface area contributed by atoms with Gasteiger partial charge in [-0.3, -0.25) is 0 Å². The fraction of sp³-hybridized carbons (Fsp3) is 0.700. The first-order valence-corrected chi connectivity index (χ1v) is 8.99. The van der Waals surface area contributed by atoms with Crippen molar-refractivity contribution in [2.24, 2.45) is 7.05 Å². The summed E-state index contributed by atoms with van der Waals surface area (Å²) >= 11 is 0. The Morgan fingerprint density at radius 2 is 1.24 bits per heavy atom. The highest BCUT2D eigenvalue weighted by atomic mass is 32.3. The molecule has 0 atom stereocenters. The van der Waals surface area contributed by atoms with Crippen LogP contribution in [0.5, 0.6) is 0 Å². The summed E-state index contributed by atoms with van der Waals surface area (Å²) in [5.74, 6) is 0. The molecule has 0 amide bonds. The molecule has 0 aliphatic heterocycles. The smallest absolute Gasteiger partial charge is 0.421 e. The van der Waals surface area contributed by atoms with Crippen LogP contribution in [-0.4, -0.2) is 32.4 Å². The molecule has 15 heteroatoms. The van der Waals surface area contributed by atoms with Crippen LogP contribution in [0.3, 0.4) is 0 Å². The van der Waals surface area contributed by atoms with Crippen LogP contribution in [0.4, 0.5) is 26.3 Å². The maximum absolute atomic E-state index is 11.4. The molecule has 1 rings (SSSR count). The second-order valence-corrected chi connectivity index (χ2v) is 9.00. The van der Waals surface area contributed by atoms with Gasteiger partial charge in [0.25, 0.3) is 0 Å². The normalized spacial score (nSPS) is 14.0. The lowest BCUT2D eigenvalue weighted by atomic mass is 10.1. The van der Waals surface area contributed by atoms with Crippen molar-refractivity contribution in [1.29, 1.82) is 0 Å². The van der Waals surface area contributed by atoms with Crippen molar-refractivity contribution in [3.05, 3.63) is 22.8 Å². The average Bonchev–Trinajstić information content (AvgIpc) is 2.71.